The highest BCUT2D eigenvalue weighted by molar-refractivity contribution is 7.22. The van der Waals surface area contributed by atoms with E-state index in [1.807, 2.05) is 36.4 Å². The topological polar surface area (TPSA) is 63.7 Å². The molecule has 1 fully saturated rings. The van der Waals surface area contributed by atoms with E-state index in [9.17, 15) is 4.79 Å². The number of thiazole rings is 1. The van der Waals surface area contributed by atoms with Gasteiger partial charge in [0.1, 0.15) is 13.2 Å². The average molecular weight is 395 g/mol. The SMILES string of the molecule is O=C(Nc1ccc2c(c1)OCCO2)C1CCN(c2nc3ccccc3s2)CC1. The number of carbonyl (C=O) groups excluding carboxylic acids is 1. The Morgan fingerprint density at radius 2 is 1.86 bits per heavy atom. The molecule has 7 heteroatoms. The van der Waals surface area contributed by atoms with Crippen LogP contribution < -0.4 is 19.7 Å². The lowest BCUT2D eigenvalue weighted by Crippen LogP contribution is -2.38. The Morgan fingerprint density at radius 1 is 1.07 bits per heavy atom. The quantitative estimate of drug-likeness (QED) is 0.728. The van der Waals surface area contributed by atoms with Crippen LogP contribution in [0.4, 0.5) is 10.8 Å². The van der Waals surface area contributed by atoms with Crippen molar-refractivity contribution in [1.29, 1.82) is 0 Å². The first kappa shape index (κ1) is 17.3. The fraction of sp³-hybridized carbons (Fsp3) is 0.333. The van der Waals surface area contributed by atoms with Gasteiger partial charge < -0.3 is 19.7 Å². The number of hydrogen-bond acceptors (Lipinski definition) is 6. The van der Waals surface area contributed by atoms with Crippen LogP contribution in [-0.4, -0.2) is 37.2 Å². The zero-order chi connectivity index (χ0) is 18.9. The summed E-state index contributed by atoms with van der Waals surface area (Å²) in [5, 5.41) is 4.08. The Balaban J connectivity index is 1.21. The van der Waals surface area contributed by atoms with E-state index in [0.29, 0.717) is 19.0 Å². The van der Waals surface area contributed by atoms with E-state index in [4.69, 9.17) is 14.5 Å². The van der Waals surface area contributed by atoms with Gasteiger partial charge in [-0.2, -0.15) is 0 Å². The van der Waals surface area contributed by atoms with Gasteiger partial charge >= 0.3 is 0 Å². The zero-order valence-corrected chi connectivity index (χ0v) is 16.2. The molecule has 0 bridgehead atoms. The zero-order valence-electron chi connectivity index (χ0n) is 15.4. The van der Waals surface area contributed by atoms with Gasteiger partial charge in [0, 0.05) is 30.8 Å². The van der Waals surface area contributed by atoms with Crippen LogP contribution >= 0.6 is 11.3 Å². The van der Waals surface area contributed by atoms with Gasteiger partial charge in [0.25, 0.3) is 0 Å². The van der Waals surface area contributed by atoms with Gasteiger partial charge in [0.2, 0.25) is 5.91 Å². The number of rotatable bonds is 3. The molecule has 2 aliphatic heterocycles. The van der Waals surface area contributed by atoms with Crippen molar-refractivity contribution in [3.63, 3.8) is 0 Å². The molecular formula is C21H21N3O3S. The van der Waals surface area contributed by atoms with E-state index in [1.54, 1.807) is 11.3 Å². The van der Waals surface area contributed by atoms with Gasteiger partial charge in [-0.05, 0) is 37.1 Å². The number of nitrogens with zero attached hydrogens (tertiary/aromatic N) is 2. The van der Waals surface area contributed by atoms with Gasteiger partial charge in [0.15, 0.2) is 16.6 Å². The molecule has 1 amide bonds. The number of amides is 1. The Kier molecular flexibility index (Phi) is 4.52. The van der Waals surface area contributed by atoms with Crippen LogP contribution in [0.1, 0.15) is 12.8 Å². The van der Waals surface area contributed by atoms with Crippen molar-refractivity contribution in [3.8, 4) is 11.5 Å². The molecule has 2 aromatic carbocycles. The predicted molar refractivity (Wildman–Crippen MR) is 111 cm³/mol. The summed E-state index contributed by atoms with van der Waals surface area (Å²) >= 11 is 1.72. The van der Waals surface area contributed by atoms with E-state index in [0.717, 1.165) is 48.0 Å². The molecule has 0 unspecified atom stereocenters. The Hall–Kier alpha value is -2.80. The van der Waals surface area contributed by atoms with Gasteiger partial charge in [-0.25, -0.2) is 4.98 Å². The summed E-state index contributed by atoms with van der Waals surface area (Å²) in [6.45, 7) is 2.79. The highest BCUT2D eigenvalue weighted by atomic mass is 32.1. The van der Waals surface area contributed by atoms with Crippen molar-refractivity contribution in [2.24, 2.45) is 5.92 Å². The summed E-state index contributed by atoms with van der Waals surface area (Å²) in [6.07, 6.45) is 1.65. The molecule has 0 aliphatic carbocycles. The maximum Gasteiger partial charge on any atom is 0.227 e. The smallest absolute Gasteiger partial charge is 0.227 e. The minimum absolute atomic E-state index is 0.0128. The molecule has 2 aliphatic rings. The summed E-state index contributed by atoms with van der Waals surface area (Å²) < 4.78 is 12.3. The van der Waals surface area contributed by atoms with Crippen molar-refractivity contribution in [2.45, 2.75) is 12.8 Å². The normalized spacial score (nSPS) is 16.9. The maximum absolute atomic E-state index is 12.7. The minimum atomic E-state index is 0.0128. The van der Waals surface area contributed by atoms with E-state index in [2.05, 4.69) is 16.3 Å². The lowest BCUT2D eigenvalue weighted by Gasteiger charge is -2.31. The van der Waals surface area contributed by atoms with Crippen LogP contribution in [0.2, 0.25) is 0 Å². The van der Waals surface area contributed by atoms with Crippen LogP contribution in [0.5, 0.6) is 11.5 Å². The molecule has 3 aromatic rings. The van der Waals surface area contributed by atoms with E-state index in [-0.39, 0.29) is 11.8 Å². The molecule has 28 heavy (non-hydrogen) atoms. The Morgan fingerprint density at radius 3 is 2.68 bits per heavy atom. The number of anilines is 2. The second-order valence-corrected chi connectivity index (χ2v) is 8.08. The fourth-order valence-electron chi connectivity index (χ4n) is 3.69. The average Bonchev–Trinajstić information content (AvgIpc) is 3.18. The molecule has 1 saturated heterocycles. The maximum atomic E-state index is 12.7. The molecular weight excluding hydrogens is 374 g/mol. The van der Waals surface area contributed by atoms with Crippen LogP contribution in [-0.2, 0) is 4.79 Å². The highest BCUT2D eigenvalue weighted by Crippen LogP contribution is 2.34. The largest absolute Gasteiger partial charge is 0.486 e. The van der Waals surface area contributed by atoms with Gasteiger partial charge in [-0.1, -0.05) is 23.5 Å². The van der Waals surface area contributed by atoms with Gasteiger partial charge in [0.05, 0.1) is 10.2 Å². The van der Waals surface area contributed by atoms with Crippen LogP contribution in [0.25, 0.3) is 10.2 Å². The number of carbonyl (C=O) groups is 1. The highest BCUT2D eigenvalue weighted by Gasteiger charge is 2.27. The number of ether oxygens (including phenoxy) is 2. The molecule has 0 atom stereocenters. The van der Waals surface area contributed by atoms with Crippen LogP contribution in [0.3, 0.4) is 0 Å². The lowest BCUT2D eigenvalue weighted by atomic mass is 9.96. The first-order valence-corrected chi connectivity index (χ1v) is 10.4. The first-order valence-electron chi connectivity index (χ1n) is 9.57. The Labute approximate surface area is 167 Å². The molecule has 1 N–H and O–H groups in total. The van der Waals surface area contributed by atoms with Crippen LogP contribution in [0, 0.1) is 5.92 Å². The third-order valence-electron chi connectivity index (χ3n) is 5.23. The summed E-state index contributed by atoms with van der Waals surface area (Å²) in [7, 11) is 0. The number of para-hydroxylation sites is 1. The second-order valence-electron chi connectivity index (χ2n) is 7.07. The molecule has 1 aromatic heterocycles. The Bertz CT molecular complexity index is 978. The number of benzene rings is 2. The van der Waals surface area contributed by atoms with Crippen molar-refractivity contribution >= 4 is 38.3 Å². The standard InChI is InChI=1S/C21H21N3O3S/c25-20(22-15-5-6-17-18(13-15)27-12-11-26-17)14-7-9-24(10-8-14)21-23-16-3-1-2-4-19(16)28-21/h1-6,13-14H,7-12H2,(H,22,25). The molecule has 0 radical (unpaired) electrons. The molecule has 3 heterocycles. The molecule has 6 nitrogen and oxygen atoms in total. The summed E-state index contributed by atoms with van der Waals surface area (Å²) in [5.74, 6) is 1.50. The monoisotopic (exact) mass is 395 g/mol. The number of fused-ring (bicyclic) bond motifs is 2. The van der Waals surface area contributed by atoms with Gasteiger partial charge in [-0.3, -0.25) is 4.79 Å². The molecule has 0 saturated carbocycles. The van der Waals surface area contributed by atoms with Crippen molar-refractivity contribution in [2.75, 3.05) is 36.5 Å². The second kappa shape index (κ2) is 7.31. The van der Waals surface area contributed by atoms with E-state index < -0.39 is 0 Å². The van der Waals surface area contributed by atoms with Crippen molar-refractivity contribution < 1.29 is 14.3 Å². The van der Waals surface area contributed by atoms with E-state index in [1.165, 1.54) is 4.70 Å². The van der Waals surface area contributed by atoms with Crippen molar-refractivity contribution in [1.82, 2.24) is 4.98 Å². The number of hydrogen-bond donors (Lipinski definition) is 1. The number of aromatic nitrogens is 1. The molecule has 5 rings (SSSR count). The van der Waals surface area contributed by atoms with Crippen LogP contribution in [0.15, 0.2) is 42.5 Å². The van der Waals surface area contributed by atoms with Gasteiger partial charge in [-0.15, -0.1) is 0 Å². The molecule has 0 spiro atoms. The third-order valence-corrected chi connectivity index (χ3v) is 6.33. The first-order chi connectivity index (χ1) is 13.8. The van der Waals surface area contributed by atoms with Crippen molar-refractivity contribution in [3.05, 3.63) is 42.5 Å². The number of nitrogens with one attached hydrogen (secondary N) is 1. The summed E-state index contributed by atoms with van der Waals surface area (Å²) in [5.41, 5.74) is 1.80. The minimum Gasteiger partial charge on any atom is -0.486 e. The third kappa shape index (κ3) is 3.38. The lowest BCUT2D eigenvalue weighted by molar-refractivity contribution is -0.120. The predicted octanol–water partition coefficient (Wildman–Crippen LogP) is 3.92. The summed E-state index contributed by atoms with van der Waals surface area (Å²) in [4.78, 5) is 19.7. The fourth-order valence-corrected chi connectivity index (χ4v) is 4.71. The number of piperidine rings is 1. The molecule has 144 valence electrons. The van der Waals surface area contributed by atoms with E-state index >= 15 is 0 Å². The summed E-state index contributed by atoms with van der Waals surface area (Å²) in [6, 6.07) is 13.7.